The van der Waals surface area contributed by atoms with Gasteiger partial charge in [0.05, 0.1) is 12.1 Å². The number of halogens is 1. The van der Waals surface area contributed by atoms with Crippen LogP contribution in [0.3, 0.4) is 0 Å². The van der Waals surface area contributed by atoms with Crippen molar-refractivity contribution in [3.63, 3.8) is 0 Å². The number of aliphatic hydroxyl groups excluding tert-OH is 1. The molecule has 18 heavy (non-hydrogen) atoms. The number of aliphatic hydroxyl groups is 1. The van der Waals surface area contributed by atoms with E-state index in [9.17, 15) is 5.11 Å². The van der Waals surface area contributed by atoms with E-state index in [0.717, 1.165) is 23.6 Å². The molecular weight excluding hydrogens is 246 g/mol. The second kappa shape index (κ2) is 4.75. The maximum atomic E-state index is 9.85. The fourth-order valence-electron chi connectivity index (χ4n) is 3.40. The molecule has 2 unspecified atom stereocenters. The summed E-state index contributed by atoms with van der Waals surface area (Å²) in [5.41, 5.74) is 1.03. The van der Waals surface area contributed by atoms with Crippen LogP contribution in [0.2, 0.25) is 5.02 Å². The summed E-state index contributed by atoms with van der Waals surface area (Å²) < 4.78 is 0. The molecule has 1 aromatic rings. The number of hydrogen-bond donors (Lipinski definition) is 2. The van der Waals surface area contributed by atoms with Crippen LogP contribution in [0.15, 0.2) is 24.3 Å². The summed E-state index contributed by atoms with van der Waals surface area (Å²) in [6.45, 7) is 6.90. The first-order valence-corrected chi connectivity index (χ1v) is 6.89. The fourth-order valence-corrected chi connectivity index (χ4v) is 3.59. The van der Waals surface area contributed by atoms with Gasteiger partial charge >= 0.3 is 0 Å². The van der Waals surface area contributed by atoms with Crippen molar-refractivity contribution in [3.05, 3.63) is 29.3 Å². The lowest BCUT2D eigenvalue weighted by molar-refractivity contribution is 0.179. The lowest BCUT2D eigenvalue weighted by Crippen LogP contribution is -2.45. The molecule has 0 aliphatic heterocycles. The number of anilines is 1. The Hall–Kier alpha value is -0.730. The molecule has 3 heteroatoms. The summed E-state index contributed by atoms with van der Waals surface area (Å²) in [4.78, 5) is 0. The molecule has 0 amide bonds. The summed E-state index contributed by atoms with van der Waals surface area (Å²) >= 11 is 6.01. The van der Waals surface area contributed by atoms with E-state index in [1.54, 1.807) is 0 Å². The van der Waals surface area contributed by atoms with Crippen molar-refractivity contribution in [2.45, 2.75) is 39.2 Å². The first kappa shape index (κ1) is 13.7. The van der Waals surface area contributed by atoms with Gasteiger partial charge in [0.15, 0.2) is 0 Å². The smallest absolute Gasteiger partial charge is 0.0664 e. The monoisotopic (exact) mass is 267 g/mol. The van der Waals surface area contributed by atoms with Crippen LogP contribution >= 0.6 is 11.6 Å². The maximum absolute atomic E-state index is 9.85. The minimum atomic E-state index is -0.228. The van der Waals surface area contributed by atoms with Gasteiger partial charge in [-0.1, -0.05) is 38.4 Å². The highest BCUT2D eigenvalue weighted by atomic mass is 35.5. The molecule has 1 fully saturated rings. The lowest BCUT2D eigenvalue weighted by atomic mass is 9.86. The Balaban J connectivity index is 2.24. The van der Waals surface area contributed by atoms with Gasteiger partial charge in [-0.3, -0.25) is 0 Å². The number of hydrogen-bond acceptors (Lipinski definition) is 2. The van der Waals surface area contributed by atoms with Crippen LogP contribution in [0.1, 0.15) is 33.6 Å². The van der Waals surface area contributed by atoms with Gasteiger partial charge in [0, 0.05) is 10.7 Å². The third kappa shape index (κ3) is 2.65. The Kier molecular flexibility index (Phi) is 3.61. The molecule has 2 rings (SSSR count). The van der Waals surface area contributed by atoms with Gasteiger partial charge in [-0.15, -0.1) is 0 Å². The summed E-state index contributed by atoms with van der Waals surface area (Å²) in [6, 6.07) is 7.71. The molecule has 1 aromatic carbocycles. The summed E-state index contributed by atoms with van der Waals surface area (Å²) in [5.74, 6) is 0.441. The molecule has 0 saturated heterocycles. The molecule has 2 atom stereocenters. The Labute approximate surface area is 114 Å². The van der Waals surface area contributed by atoms with Gasteiger partial charge in [-0.25, -0.2) is 0 Å². The topological polar surface area (TPSA) is 32.3 Å². The second-order valence-corrected chi connectivity index (χ2v) is 6.83. The standard InChI is InChI=1S/C15H22ClNO/c1-11-8-14(2,3)9-15(11,10-18)17-13-6-4-5-12(16)7-13/h4-7,11,17-18H,8-10H2,1-3H3. The zero-order chi connectivity index (χ0) is 13.4. The second-order valence-electron chi connectivity index (χ2n) is 6.40. The molecule has 2 nitrogen and oxygen atoms in total. The molecule has 2 N–H and O–H groups in total. The van der Waals surface area contributed by atoms with Crippen LogP contribution in [0, 0.1) is 11.3 Å². The fraction of sp³-hybridized carbons (Fsp3) is 0.600. The highest BCUT2D eigenvalue weighted by molar-refractivity contribution is 6.30. The summed E-state index contributed by atoms with van der Waals surface area (Å²) in [6.07, 6.45) is 2.10. The van der Waals surface area contributed by atoms with Crippen molar-refractivity contribution < 1.29 is 5.11 Å². The minimum absolute atomic E-state index is 0.157. The SMILES string of the molecule is CC1CC(C)(C)CC1(CO)Nc1cccc(Cl)c1. The zero-order valence-electron chi connectivity index (χ0n) is 11.3. The van der Waals surface area contributed by atoms with Gasteiger partial charge in [0.25, 0.3) is 0 Å². The molecule has 0 bridgehead atoms. The van der Waals surface area contributed by atoms with Crippen molar-refractivity contribution in [1.29, 1.82) is 0 Å². The van der Waals surface area contributed by atoms with E-state index in [4.69, 9.17) is 11.6 Å². The normalized spacial score (nSPS) is 30.4. The van der Waals surface area contributed by atoms with Crippen LogP contribution in [0.5, 0.6) is 0 Å². The van der Waals surface area contributed by atoms with Gasteiger partial charge in [-0.2, -0.15) is 0 Å². The molecule has 0 radical (unpaired) electrons. The average molecular weight is 268 g/mol. The highest BCUT2D eigenvalue weighted by Gasteiger charge is 2.48. The van der Waals surface area contributed by atoms with Crippen molar-refractivity contribution in [1.82, 2.24) is 0 Å². The predicted octanol–water partition coefficient (Wildman–Crippen LogP) is 3.94. The van der Waals surface area contributed by atoms with Crippen LogP contribution in [-0.4, -0.2) is 17.3 Å². The van der Waals surface area contributed by atoms with Gasteiger partial charge in [0.1, 0.15) is 0 Å². The van der Waals surface area contributed by atoms with E-state index in [-0.39, 0.29) is 17.6 Å². The van der Waals surface area contributed by atoms with Crippen LogP contribution in [-0.2, 0) is 0 Å². The van der Waals surface area contributed by atoms with Crippen molar-refractivity contribution in [2.24, 2.45) is 11.3 Å². The Morgan fingerprint density at radius 1 is 1.44 bits per heavy atom. The van der Waals surface area contributed by atoms with E-state index in [1.165, 1.54) is 0 Å². The first-order valence-electron chi connectivity index (χ1n) is 6.52. The molecule has 0 heterocycles. The van der Waals surface area contributed by atoms with Crippen molar-refractivity contribution in [2.75, 3.05) is 11.9 Å². The third-order valence-corrected chi connectivity index (χ3v) is 4.33. The quantitative estimate of drug-likeness (QED) is 0.869. The van der Waals surface area contributed by atoms with E-state index in [2.05, 4.69) is 26.1 Å². The molecule has 0 spiro atoms. The third-order valence-electron chi connectivity index (χ3n) is 4.10. The van der Waals surface area contributed by atoms with Gasteiger partial charge < -0.3 is 10.4 Å². The molecule has 1 saturated carbocycles. The zero-order valence-corrected chi connectivity index (χ0v) is 12.1. The number of rotatable bonds is 3. The van der Waals surface area contributed by atoms with E-state index in [1.807, 2.05) is 24.3 Å². The summed E-state index contributed by atoms with van der Waals surface area (Å²) in [5, 5.41) is 14.1. The van der Waals surface area contributed by atoms with Crippen molar-refractivity contribution >= 4 is 17.3 Å². The number of nitrogens with one attached hydrogen (secondary N) is 1. The molecule has 0 aromatic heterocycles. The van der Waals surface area contributed by atoms with E-state index < -0.39 is 0 Å². The van der Waals surface area contributed by atoms with Gasteiger partial charge in [-0.05, 0) is 42.4 Å². The van der Waals surface area contributed by atoms with Crippen LogP contribution in [0.25, 0.3) is 0 Å². The number of benzene rings is 1. The lowest BCUT2D eigenvalue weighted by Gasteiger charge is -2.35. The van der Waals surface area contributed by atoms with E-state index in [0.29, 0.717) is 5.92 Å². The summed E-state index contributed by atoms with van der Waals surface area (Å²) in [7, 11) is 0. The molecular formula is C15H22ClNO. The van der Waals surface area contributed by atoms with Gasteiger partial charge in [0.2, 0.25) is 0 Å². The Morgan fingerprint density at radius 3 is 2.67 bits per heavy atom. The molecule has 1 aliphatic carbocycles. The molecule has 1 aliphatic rings. The van der Waals surface area contributed by atoms with Crippen molar-refractivity contribution in [3.8, 4) is 0 Å². The van der Waals surface area contributed by atoms with E-state index >= 15 is 0 Å². The average Bonchev–Trinajstić information content (AvgIpc) is 2.49. The molecule has 100 valence electrons. The predicted molar refractivity (Wildman–Crippen MR) is 77.1 cm³/mol. The minimum Gasteiger partial charge on any atom is -0.394 e. The maximum Gasteiger partial charge on any atom is 0.0664 e. The highest BCUT2D eigenvalue weighted by Crippen LogP contribution is 2.48. The largest absolute Gasteiger partial charge is 0.394 e. The first-order chi connectivity index (χ1) is 8.37. The van der Waals surface area contributed by atoms with Crippen LogP contribution in [0.4, 0.5) is 5.69 Å². The Bertz CT molecular complexity index is 432. The Morgan fingerprint density at radius 2 is 2.17 bits per heavy atom. The van der Waals surface area contributed by atoms with Crippen LogP contribution < -0.4 is 5.32 Å².